The van der Waals surface area contributed by atoms with Crippen molar-refractivity contribution in [3.8, 4) is 5.75 Å². The number of nitrogens with one attached hydrogen (secondary N) is 1. The summed E-state index contributed by atoms with van der Waals surface area (Å²) >= 11 is 7.18. The summed E-state index contributed by atoms with van der Waals surface area (Å²) in [6.07, 6.45) is 0. The third-order valence-electron chi connectivity index (χ3n) is 1.72. The first-order chi connectivity index (χ1) is 7.29. The zero-order valence-electron chi connectivity index (χ0n) is 7.77. The second kappa shape index (κ2) is 4.41. The minimum absolute atomic E-state index is 0.560. The Morgan fingerprint density at radius 1 is 1.47 bits per heavy atom. The Labute approximate surface area is 95.2 Å². The van der Waals surface area contributed by atoms with Crippen molar-refractivity contribution in [1.29, 1.82) is 0 Å². The largest absolute Gasteiger partial charge is 0.497 e. The van der Waals surface area contributed by atoms with Crippen molar-refractivity contribution in [1.82, 2.24) is 14.8 Å². The molecule has 1 heterocycles. The van der Waals surface area contributed by atoms with Crippen molar-refractivity contribution in [2.45, 2.75) is 0 Å². The Hall–Kier alpha value is -1.40. The molecule has 0 saturated heterocycles. The van der Waals surface area contributed by atoms with E-state index in [0.717, 1.165) is 17.2 Å². The van der Waals surface area contributed by atoms with Crippen LogP contribution < -0.4 is 10.1 Å². The van der Waals surface area contributed by atoms with Crippen LogP contribution >= 0.6 is 23.1 Å². The molecule has 0 bridgehead atoms. The molecule has 0 amide bonds. The summed E-state index contributed by atoms with van der Waals surface area (Å²) in [4.78, 5) is 0. The monoisotopic (exact) mass is 242 g/mol. The third kappa shape index (κ3) is 2.34. The van der Waals surface area contributed by atoms with E-state index in [2.05, 4.69) is 20.1 Å². The van der Waals surface area contributed by atoms with Crippen LogP contribution in [-0.2, 0) is 0 Å². The lowest BCUT2D eigenvalue weighted by molar-refractivity contribution is 0.415. The Morgan fingerprint density at radius 3 is 2.93 bits per heavy atom. The topological polar surface area (TPSA) is 59.9 Å². The van der Waals surface area contributed by atoms with Gasteiger partial charge in [0.2, 0.25) is 5.13 Å². The molecule has 0 aliphatic heterocycles. The van der Waals surface area contributed by atoms with Crippen LogP contribution in [0.4, 0.5) is 10.8 Å². The van der Waals surface area contributed by atoms with E-state index in [1.807, 2.05) is 12.1 Å². The van der Waals surface area contributed by atoms with E-state index in [-0.39, 0.29) is 0 Å². The highest BCUT2D eigenvalue weighted by molar-refractivity contribution is 7.09. The number of ether oxygens (including phenoxy) is 1. The molecule has 0 saturated carbocycles. The molecule has 2 aromatic rings. The molecule has 0 aliphatic carbocycles. The molecule has 1 aromatic heterocycles. The van der Waals surface area contributed by atoms with Crippen LogP contribution in [0.2, 0.25) is 5.02 Å². The summed E-state index contributed by atoms with van der Waals surface area (Å²) in [6, 6.07) is 5.34. The van der Waals surface area contributed by atoms with Crippen LogP contribution in [0, 0.1) is 0 Å². The second-order valence-electron chi connectivity index (χ2n) is 2.64. The summed E-state index contributed by atoms with van der Waals surface area (Å²) < 4.78 is 8.67. The Kier molecular flexibility index (Phi) is 2.98. The average Bonchev–Trinajstić information content (AvgIpc) is 2.74. The molecule has 2 rings (SSSR count). The Morgan fingerprint density at radius 2 is 2.33 bits per heavy atom. The third-order valence-corrected chi connectivity index (χ3v) is 2.54. The van der Waals surface area contributed by atoms with Gasteiger partial charge in [-0.2, -0.15) is 0 Å². The van der Waals surface area contributed by atoms with Crippen molar-refractivity contribution in [2.24, 2.45) is 0 Å². The van der Waals surface area contributed by atoms with Crippen LogP contribution in [0.5, 0.6) is 5.75 Å². The van der Waals surface area contributed by atoms with Crippen molar-refractivity contribution in [3.05, 3.63) is 23.2 Å². The van der Waals surface area contributed by atoms with E-state index in [1.165, 1.54) is 0 Å². The molecule has 1 N–H and O–H groups in total. The summed E-state index contributed by atoms with van der Waals surface area (Å²) in [7, 11) is 1.59. The van der Waals surface area contributed by atoms with E-state index >= 15 is 0 Å². The zero-order valence-corrected chi connectivity index (χ0v) is 9.34. The Bertz CT molecular complexity index is 448. The number of anilines is 2. The predicted octanol–water partition coefficient (Wildman–Crippen LogP) is 2.34. The predicted molar refractivity (Wildman–Crippen MR) is 59.0 cm³/mol. The van der Waals surface area contributed by atoms with E-state index in [4.69, 9.17) is 16.3 Å². The number of methoxy groups -OCH3 is 1. The molecule has 0 atom stereocenters. The van der Waals surface area contributed by atoms with E-state index in [9.17, 15) is 0 Å². The molecule has 7 heteroatoms. The quantitative estimate of drug-likeness (QED) is 0.895. The number of nitrogens with zero attached hydrogens (tertiary/aromatic N) is 3. The van der Waals surface area contributed by atoms with Crippen LogP contribution in [0.25, 0.3) is 0 Å². The lowest BCUT2D eigenvalue weighted by atomic mass is 10.3. The van der Waals surface area contributed by atoms with Gasteiger partial charge in [-0.25, -0.2) is 0 Å². The maximum absolute atomic E-state index is 6.02. The summed E-state index contributed by atoms with van der Waals surface area (Å²) in [6.45, 7) is 0. The van der Waals surface area contributed by atoms with Gasteiger partial charge in [0.15, 0.2) is 0 Å². The fourth-order valence-electron chi connectivity index (χ4n) is 1.02. The average molecular weight is 243 g/mol. The van der Waals surface area contributed by atoms with Gasteiger partial charge in [0.25, 0.3) is 0 Å². The number of aromatic nitrogens is 3. The zero-order chi connectivity index (χ0) is 10.7. The van der Waals surface area contributed by atoms with Gasteiger partial charge in [0.05, 0.1) is 17.8 Å². The van der Waals surface area contributed by atoms with Crippen LogP contribution in [0.1, 0.15) is 0 Å². The van der Waals surface area contributed by atoms with Gasteiger partial charge in [0.1, 0.15) is 5.75 Å². The van der Waals surface area contributed by atoms with Crippen molar-refractivity contribution in [2.75, 3.05) is 12.4 Å². The van der Waals surface area contributed by atoms with Crippen LogP contribution in [0.15, 0.2) is 18.2 Å². The van der Waals surface area contributed by atoms with Crippen LogP contribution in [0.3, 0.4) is 0 Å². The standard InChI is InChI=1S/C8H7ClN4OS/c1-14-5-2-3-7(6(9)4-5)10-8-11-12-13-15-8/h2-4H,1H3,(H,10,11,13). The van der Waals surface area contributed by atoms with E-state index < -0.39 is 0 Å². The highest BCUT2D eigenvalue weighted by Gasteiger charge is 2.04. The second-order valence-corrected chi connectivity index (χ2v) is 3.78. The molecule has 0 aliphatic rings. The van der Waals surface area contributed by atoms with Gasteiger partial charge in [-0.1, -0.05) is 21.2 Å². The van der Waals surface area contributed by atoms with Crippen molar-refractivity contribution in [3.63, 3.8) is 0 Å². The van der Waals surface area contributed by atoms with Gasteiger partial charge < -0.3 is 10.1 Å². The van der Waals surface area contributed by atoms with Crippen molar-refractivity contribution < 1.29 is 4.74 Å². The molecule has 5 nitrogen and oxygen atoms in total. The Balaban J connectivity index is 2.22. The molecule has 1 aromatic carbocycles. The summed E-state index contributed by atoms with van der Waals surface area (Å²) in [5.74, 6) is 0.709. The van der Waals surface area contributed by atoms with E-state index in [0.29, 0.717) is 15.9 Å². The first-order valence-electron chi connectivity index (χ1n) is 4.05. The molecule has 0 fully saturated rings. The summed E-state index contributed by atoms with van der Waals surface area (Å²) in [5.41, 5.74) is 0.746. The normalized spacial score (nSPS) is 10.0. The smallest absolute Gasteiger partial charge is 0.229 e. The molecule has 0 unspecified atom stereocenters. The molecule has 15 heavy (non-hydrogen) atoms. The van der Waals surface area contributed by atoms with Crippen molar-refractivity contribution >= 4 is 34.0 Å². The minimum Gasteiger partial charge on any atom is -0.497 e. The van der Waals surface area contributed by atoms with Gasteiger partial charge >= 0.3 is 0 Å². The molecule has 78 valence electrons. The highest BCUT2D eigenvalue weighted by atomic mass is 35.5. The number of hydrogen-bond donors (Lipinski definition) is 1. The number of halogens is 1. The molecular formula is C8H7ClN4OS. The highest BCUT2D eigenvalue weighted by Crippen LogP contribution is 2.28. The lowest BCUT2D eigenvalue weighted by Gasteiger charge is -2.06. The maximum Gasteiger partial charge on any atom is 0.229 e. The SMILES string of the molecule is COc1ccc(Nc2nnns2)c(Cl)c1. The first kappa shape index (κ1) is 10.1. The number of hydrogen-bond acceptors (Lipinski definition) is 6. The number of benzene rings is 1. The van der Waals surface area contributed by atoms with E-state index in [1.54, 1.807) is 13.2 Å². The minimum atomic E-state index is 0.560. The number of rotatable bonds is 3. The molecule has 0 spiro atoms. The lowest BCUT2D eigenvalue weighted by Crippen LogP contribution is -1.91. The van der Waals surface area contributed by atoms with Crippen LogP contribution in [-0.4, -0.2) is 21.9 Å². The fourth-order valence-corrected chi connectivity index (χ4v) is 1.62. The fraction of sp³-hybridized carbons (Fsp3) is 0.125. The summed E-state index contributed by atoms with van der Waals surface area (Å²) in [5, 5.41) is 11.4. The molecular weight excluding hydrogens is 236 g/mol. The molecule has 0 radical (unpaired) electrons. The van der Waals surface area contributed by atoms with Gasteiger partial charge in [-0.05, 0) is 17.3 Å². The maximum atomic E-state index is 6.02. The van der Waals surface area contributed by atoms with Gasteiger partial charge in [0, 0.05) is 17.6 Å². The van der Waals surface area contributed by atoms with Gasteiger partial charge in [-0.3, -0.25) is 0 Å². The first-order valence-corrected chi connectivity index (χ1v) is 5.20. The van der Waals surface area contributed by atoms with Gasteiger partial charge in [-0.15, -0.1) is 0 Å².